The highest BCUT2D eigenvalue weighted by Crippen LogP contribution is 2.27. The number of hydrogen-bond acceptors (Lipinski definition) is 4. The molecular weight excluding hydrogens is 366 g/mol. The summed E-state index contributed by atoms with van der Waals surface area (Å²) in [4.78, 5) is 13.8. The third kappa shape index (κ3) is 4.86. The van der Waals surface area contributed by atoms with Crippen LogP contribution in [0.2, 0.25) is 0 Å². The van der Waals surface area contributed by atoms with E-state index in [2.05, 4.69) is 54.0 Å². The van der Waals surface area contributed by atoms with E-state index in [4.69, 9.17) is 5.26 Å². The van der Waals surface area contributed by atoms with Crippen LogP contribution >= 0.6 is 11.3 Å². The Balaban J connectivity index is 1.73. The largest absolute Gasteiger partial charge is 0.325 e. The highest BCUT2D eigenvalue weighted by molar-refractivity contribution is 7.10. The zero-order chi connectivity index (χ0) is 19.9. The molecule has 5 heteroatoms. The molecule has 2 atom stereocenters. The monoisotopic (exact) mass is 389 g/mol. The first-order valence-electron chi connectivity index (χ1n) is 9.30. The second kappa shape index (κ2) is 9.32. The minimum Gasteiger partial charge on any atom is -0.325 e. The molecule has 3 aromatic rings. The van der Waals surface area contributed by atoms with Crippen LogP contribution in [-0.4, -0.2) is 11.9 Å². The van der Waals surface area contributed by atoms with Gasteiger partial charge in [-0.1, -0.05) is 37.3 Å². The summed E-state index contributed by atoms with van der Waals surface area (Å²) in [5, 5.41) is 17.3. The van der Waals surface area contributed by atoms with Crippen molar-refractivity contribution < 1.29 is 4.79 Å². The molecule has 0 spiro atoms. The first-order chi connectivity index (χ1) is 13.6. The number of nitriles is 1. The van der Waals surface area contributed by atoms with Gasteiger partial charge in [-0.2, -0.15) is 5.26 Å². The van der Waals surface area contributed by atoms with E-state index in [0.29, 0.717) is 11.3 Å². The van der Waals surface area contributed by atoms with Crippen LogP contribution in [0, 0.1) is 11.3 Å². The average Bonchev–Trinajstić information content (AvgIpc) is 3.27. The van der Waals surface area contributed by atoms with Crippen molar-refractivity contribution in [3.05, 3.63) is 87.6 Å². The lowest BCUT2D eigenvalue weighted by Crippen LogP contribution is -2.40. The first-order valence-corrected chi connectivity index (χ1v) is 10.2. The molecule has 4 nitrogen and oxygen atoms in total. The van der Waals surface area contributed by atoms with Gasteiger partial charge in [-0.25, -0.2) is 0 Å². The Hall–Kier alpha value is -2.94. The average molecular weight is 390 g/mol. The van der Waals surface area contributed by atoms with Crippen molar-refractivity contribution in [2.75, 3.05) is 5.32 Å². The summed E-state index contributed by atoms with van der Waals surface area (Å²) in [5.41, 5.74) is 3.67. The molecule has 0 fully saturated rings. The maximum absolute atomic E-state index is 12.7. The van der Waals surface area contributed by atoms with E-state index in [-0.39, 0.29) is 11.9 Å². The zero-order valence-electron chi connectivity index (χ0n) is 16.0. The van der Waals surface area contributed by atoms with Crippen LogP contribution in [-0.2, 0) is 11.2 Å². The standard InChI is InChI=1S/C23H23N3OS/c1-3-17-6-10-19(11-7-17)22(21-5-4-14-28-21)25-16(2)23(27)26-20-12-8-18(15-24)9-13-20/h4-14,16,22,25H,3H2,1-2H3,(H,26,27)/t16-,22+/m0/s1. The predicted molar refractivity (Wildman–Crippen MR) is 114 cm³/mol. The van der Waals surface area contributed by atoms with Crippen LogP contribution in [0.5, 0.6) is 0 Å². The highest BCUT2D eigenvalue weighted by Gasteiger charge is 2.21. The Morgan fingerprint density at radius 3 is 2.39 bits per heavy atom. The normalized spacial score (nSPS) is 12.8. The molecule has 0 aliphatic rings. The number of amides is 1. The Morgan fingerprint density at radius 1 is 1.11 bits per heavy atom. The van der Waals surface area contributed by atoms with Crippen LogP contribution in [0.15, 0.2) is 66.0 Å². The Labute approximate surface area is 169 Å². The fourth-order valence-electron chi connectivity index (χ4n) is 2.95. The summed E-state index contributed by atoms with van der Waals surface area (Å²) < 4.78 is 0. The van der Waals surface area contributed by atoms with Crippen molar-refractivity contribution in [2.45, 2.75) is 32.4 Å². The summed E-state index contributed by atoms with van der Waals surface area (Å²) in [7, 11) is 0. The van der Waals surface area contributed by atoms with Gasteiger partial charge < -0.3 is 5.32 Å². The Bertz CT molecular complexity index is 941. The van der Waals surface area contributed by atoms with Crippen molar-refractivity contribution in [2.24, 2.45) is 0 Å². The van der Waals surface area contributed by atoms with Gasteiger partial charge in [0.15, 0.2) is 0 Å². The second-order valence-corrected chi connectivity index (χ2v) is 7.59. The van der Waals surface area contributed by atoms with Crippen molar-refractivity contribution in [1.82, 2.24) is 5.32 Å². The molecule has 142 valence electrons. The molecule has 28 heavy (non-hydrogen) atoms. The third-order valence-corrected chi connectivity index (χ3v) is 5.58. The molecule has 1 heterocycles. The van der Waals surface area contributed by atoms with Gasteiger partial charge in [0.1, 0.15) is 0 Å². The van der Waals surface area contributed by atoms with E-state index >= 15 is 0 Å². The highest BCUT2D eigenvalue weighted by atomic mass is 32.1. The van der Waals surface area contributed by atoms with E-state index in [1.54, 1.807) is 35.6 Å². The Morgan fingerprint density at radius 2 is 1.82 bits per heavy atom. The van der Waals surface area contributed by atoms with Crippen LogP contribution in [0.25, 0.3) is 0 Å². The van der Waals surface area contributed by atoms with E-state index in [9.17, 15) is 4.79 Å². The number of hydrogen-bond donors (Lipinski definition) is 2. The fraction of sp³-hybridized carbons (Fsp3) is 0.217. The number of carbonyl (C=O) groups is 1. The van der Waals surface area contributed by atoms with E-state index in [1.807, 2.05) is 18.4 Å². The lowest BCUT2D eigenvalue weighted by atomic mass is 10.0. The zero-order valence-corrected chi connectivity index (χ0v) is 16.8. The molecule has 0 saturated heterocycles. The van der Waals surface area contributed by atoms with Crippen LogP contribution in [0.1, 0.15) is 41.5 Å². The number of nitrogens with zero attached hydrogens (tertiary/aromatic N) is 1. The number of aryl methyl sites for hydroxylation is 1. The van der Waals surface area contributed by atoms with E-state index < -0.39 is 6.04 Å². The van der Waals surface area contributed by atoms with Crippen molar-refractivity contribution in [3.8, 4) is 6.07 Å². The van der Waals surface area contributed by atoms with E-state index in [1.165, 1.54) is 10.4 Å². The molecule has 2 N–H and O–H groups in total. The maximum Gasteiger partial charge on any atom is 0.241 e. The lowest BCUT2D eigenvalue weighted by molar-refractivity contribution is -0.117. The smallest absolute Gasteiger partial charge is 0.241 e. The predicted octanol–water partition coefficient (Wildman–Crippen LogP) is 4.89. The van der Waals surface area contributed by atoms with Crippen molar-refractivity contribution in [3.63, 3.8) is 0 Å². The van der Waals surface area contributed by atoms with Gasteiger partial charge in [-0.05, 0) is 60.2 Å². The number of rotatable bonds is 7. The van der Waals surface area contributed by atoms with Crippen LogP contribution < -0.4 is 10.6 Å². The number of nitrogens with one attached hydrogen (secondary N) is 2. The molecule has 0 aliphatic heterocycles. The summed E-state index contributed by atoms with van der Waals surface area (Å²) in [5.74, 6) is -0.114. The van der Waals surface area contributed by atoms with Gasteiger partial charge >= 0.3 is 0 Å². The molecule has 2 aromatic carbocycles. The van der Waals surface area contributed by atoms with Crippen molar-refractivity contribution in [1.29, 1.82) is 5.26 Å². The number of thiophene rings is 1. The first kappa shape index (κ1) is 19.8. The molecule has 0 radical (unpaired) electrons. The van der Waals surface area contributed by atoms with Gasteiger partial charge in [0, 0.05) is 10.6 Å². The van der Waals surface area contributed by atoms with Gasteiger partial charge in [0.05, 0.1) is 23.7 Å². The lowest BCUT2D eigenvalue weighted by Gasteiger charge is -2.23. The number of anilines is 1. The maximum atomic E-state index is 12.7. The van der Waals surface area contributed by atoms with Gasteiger partial charge in [0.25, 0.3) is 0 Å². The third-order valence-electron chi connectivity index (χ3n) is 4.64. The molecule has 0 aliphatic carbocycles. The second-order valence-electron chi connectivity index (χ2n) is 6.61. The minimum atomic E-state index is -0.395. The minimum absolute atomic E-state index is 0.0485. The van der Waals surface area contributed by atoms with Crippen LogP contribution in [0.4, 0.5) is 5.69 Å². The molecule has 0 unspecified atom stereocenters. The molecule has 1 aromatic heterocycles. The van der Waals surface area contributed by atoms with Crippen LogP contribution in [0.3, 0.4) is 0 Å². The summed E-state index contributed by atoms with van der Waals surface area (Å²) >= 11 is 1.67. The molecule has 3 rings (SSSR count). The number of benzene rings is 2. The topological polar surface area (TPSA) is 64.9 Å². The van der Waals surface area contributed by atoms with Crippen molar-refractivity contribution >= 4 is 22.9 Å². The number of carbonyl (C=O) groups excluding carboxylic acids is 1. The molecule has 0 bridgehead atoms. The molecular formula is C23H23N3OS. The summed E-state index contributed by atoms with van der Waals surface area (Å²) in [6, 6.07) is 21.1. The quantitative estimate of drug-likeness (QED) is 0.605. The Kier molecular flexibility index (Phi) is 6.59. The van der Waals surface area contributed by atoms with E-state index in [0.717, 1.165) is 12.0 Å². The molecule has 0 saturated carbocycles. The van der Waals surface area contributed by atoms with Gasteiger partial charge in [-0.3, -0.25) is 10.1 Å². The summed E-state index contributed by atoms with van der Waals surface area (Å²) in [6.07, 6.45) is 1.00. The molecule has 1 amide bonds. The SMILES string of the molecule is CCc1ccc([C@@H](N[C@@H](C)C(=O)Nc2ccc(C#N)cc2)c2cccs2)cc1. The van der Waals surface area contributed by atoms with Gasteiger partial charge in [-0.15, -0.1) is 11.3 Å². The van der Waals surface area contributed by atoms with Gasteiger partial charge in [0.2, 0.25) is 5.91 Å². The summed E-state index contributed by atoms with van der Waals surface area (Å²) in [6.45, 7) is 4.00. The fourth-order valence-corrected chi connectivity index (χ4v) is 3.76.